The molecule has 3 fully saturated rings. The van der Waals surface area contributed by atoms with Gasteiger partial charge in [0.1, 0.15) is 0 Å². The van der Waals surface area contributed by atoms with Gasteiger partial charge in [-0.1, -0.05) is 38.8 Å². The van der Waals surface area contributed by atoms with Crippen LogP contribution in [0, 0.1) is 28.6 Å². The van der Waals surface area contributed by atoms with Crippen LogP contribution in [-0.2, 0) is 4.74 Å². The molecule has 3 unspecified atom stereocenters. The molecule has 0 aromatic rings. The smallest absolute Gasteiger partial charge is 0.0612 e. The summed E-state index contributed by atoms with van der Waals surface area (Å²) in [7, 11) is 0. The second kappa shape index (κ2) is 5.90. The summed E-state index contributed by atoms with van der Waals surface area (Å²) in [6.07, 6.45) is 17.1. The number of allylic oxidation sites excluding steroid dienone is 1. The van der Waals surface area contributed by atoms with Crippen molar-refractivity contribution in [2.75, 3.05) is 6.61 Å². The fraction of sp³-hybridized carbons (Fsp3) is 0.909. The van der Waals surface area contributed by atoms with Crippen molar-refractivity contribution < 1.29 is 4.74 Å². The molecule has 0 radical (unpaired) electrons. The van der Waals surface area contributed by atoms with Gasteiger partial charge in [-0.2, -0.15) is 0 Å². The van der Waals surface area contributed by atoms with E-state index in [0.717, 1.165) is 30.8 Å². The normalized spacial score (nSPS) is 49.1. The molecule has 0 aromatic heterocycles. The predicted octanol–water partition coefficient (Wildman–Crippen LogP) is 6.13. The molecule has 0 aliphatic heterocycles. The molecular weight excluding hydrogens is 280 g/mol. The van der Waals surface area contributed by atoms with Crippen LogP contribution in [0.1, 0.15) is 85.0 Å². The maximum absolute atomic E-state index is 6.11. The first-order valence-electron chi connectivity index (χ1n) is 10.4. The van der Waals surface area contributed by atoms with Crippen LogP contribution in [0.3, 0.4) is 0 Å². The van der Waals surface area contributed by atoms with Gasteiger partial charge in [0.05, 0.1) is 6.10 Å². The van der Waals surface area contributed by atoms with E-state index in [1.165, 1.54) is 57.8 Å². The Kier molecular flexibility index (Phi) is 4.15. The van der Waals surface area contributed by atoms with Crippen molar-refractivity contribution in [1.29, 1.82) is 0 Å². The molecule has 130 valence electrons. The van der Waals surface area contributed by atoms with Crippen LogP contribution < -0.4 is 0 Å². The maximum atomic E-state index is 6.11. The molecule has 1 heteroatoms. The van der Waals surface area contributed by atoms with E-state index in [-0.39, 0.29) is 0 Å². The van der Waals surface area contributed by atoms with E-state index in [9.17, 15) is 0 Å². The lowest BCUT2D eigenvalue weighted by Gasteiger charge is -2.57. The van der Waals surface area contributed by atoms with Gasteiger partial charge in [-0.25, -0.2) is 0 Å². The van der Waals surface area contributed by atoms with E-state index in [1.807, 2.05) is 0 Å². The van der Waals surface area contributed by atoms with Crippen molar-refractivity contribution >= 4 is 0 Å². The lowest BCUT2D eigenvalue weighted by atomic mass is 9.48. The fourth-order valence-corrected chi connectivity index (χ4v) is 7.05. The Morgan fingerprint density at radius 2 is 1.96 bits per heavy atom. The summed E-state index contributed by atoms with van der Waals surface area (Å²) in [6, 6.07) is 0. The van der Waals surface area contributed by atoms with Crippen molar-refractivity contribution in [1.82, 2.24) is 0 Å². The monoisotopic (exact) mass is 316 g/mol. The molecule has 0 amide bonds. The molecule has 0 aromatic carbocycles. The van der Waals surface area contributed by atoms with Crippen LogP contribution in [-0.4, -0.2) is 12.7 Å². The van der Waals surface area contributed by atoms with Crippen LogP contribution in [0.2, 0.25) is 0 Å². The Labute approximate surface area is 143 Å². The highest BCUT2D eigenvalue weighted by Gasteiger charge is 2.55. The lowest BCUT2D eigenvalue weighted by Crippen LogP contribution is -2.49. The van der Waals surface area contributed by atoms with Gasteiger partial charge in [0, 0.05) is 6.61 Å². The van der Waals surface area contributed by atoms with Gasteiger partial charge in [-0.3, -0.25) is 0 Å². The molecule has 23 heavy (non-hydrogen) atoms. The third kappa shape index (κ3) is 2.53. The second-order valence-corrected chi connectivity index (χ2v) is 9.58. The SMILES string of the molecule is CCCO[C@H]1CC[C@@]2(C)C(=CCC3C4CCC[C@@]4(C)CCC32)C1. The summed E-state index contributed by atoms with van der Waals surface area (Å²) in [5, 5.41) is 0. The number of hydrogen-bond donors (Lipinski definition) is 0. The topological polar surface area (TPSA) is 9.23 Å². The molecule has 0 bridgehead atoms. The van der Waals surface area contributed by atoms with Crippen LogP contribution in [0.4, 0.5) is 0 Å². The summed E-state index contributed by atoms with van der Waals surface area (Å²) in [5.41, 5.74) is 2.95. The highest BCUT2D eigenvalue weighted by atomic mass is 16.5. The van der Waals surface area contributed by atoms with Crippen molar-refractivity contribution in [3.8, 4) is 0 Å². The Morgan fingerprint density at radius 1 is 1.09 bits per heavy atom. The van der Waals surface area contributed by atoms with Gasteiger partial charge in [-0.05, 0) is 86.4 Å². The molecule has 4 aliphatic rings. The third-order valence-electron chi connectivity index (χ3n) is 8.40. The second-order valence-electron chi connectivity index (χ2n) is 9.58. The first-order valence-corrected chi connectivity index (χ1v) is 10.4. The number of rotatable bonds is 3. The van der Waals surface area contributed by atoms with Crippen molar-refractivity contribution in [3.05, 3.63) is 11.6 Å². The minimum atomic E-state index is 0.499. The zero-order chi connectivity index (χ0) is 16.1. The maximum Gasteiger partial charge on any atom is 0.0612 e. The van der Waals surface area contributed by atoms with Crippen molar-refractivity contribution in [3.63, 3.8) is 0 Å². The van der Waals surface area contributed by atoms with Crippen molar-refractivity contribution in [2.24, 2.45) is 28.6 Å². The molecule has 0 N–H and O–H groups in total. The average Bonchev–Trinajstić information content (AvgIpc) is 2.94. The number of fused-ring (bicyclic) bond motifs is 5. The number of hydrogen-bond acceptors (Lipinski definition) is 1. The van der Waals surface area contributed by atoms with Crippen molar-refractivity contribution in [2.45, 2.75) is 91.1 Å². The van der Waals surface area contributed by atoms with E-state index in [0.29, 0.717) is 16.9 Å². The first kappa shape index (κ1) is 16.2. The van der Waals surface area contributed by atoms with E-state index < -0.39 is 0 Å². The third-order valence-corrected chi connectivity index (χ3v) is 8.40. The lowest BCUT2D eigenvalue weighted by molar-refractivity contribution is -0.0472. The largest absolute Gasteiger partial charge is 0.378 e. The summed E-state index contributed by atoms with van der Waals surface area (Å²) >= 11 is 0. The van der Waals surface area contributed by atoms with E-state index in [4.69, 9.17) is 4.74 Å². The van der Waals surface area contributed by atoms with Gasteiger partial charge in [-0.15, -0.1) is 0 Å². The summed E-state index contributed by atoms with van der Waals surface area (Å²) in [6.45, 7) is 8.39. The molecule has 0 saturated heterocycles. The minimum absolute atomic E-state index is 0.499. The zero-order valence-electron chi connectivity index (χ0n) is 15.6. The van der Waals surface area contributed by atoms with E-state index in [1.54, 1.807) is 5.57 Å². The minimum Gasteiger partial charge on any atom is -0.378 e. The molecule has 0 spiro atoms. The van der Waals surface area contributed by atoms with Crippen LogP contribution in [0.5, 0.6) is 0 Å². The quantitative estimate of drug-likeness (QED) is 0.569. The molecule has 0 heterocycles. The molecule has 4 rings (SSSR count). The van der Waals surface area contributed by atoms with Crippen LogP contribution in [0.25, 0.3) is 0 Å². The summed E-state index contributed by atoms with van der Waals surface area (Å²) in [5.74, 6) is 2.97. The highest BCUT2D eigenvalue weighted by Crippen LogP contribution is 2.64. The van der Waals surface area contributed by atoms with Crippen LogP contribution in [0.15, 0.2) is 11.6 Å². The van der Waals surface area contributed by atoms with Crippen LogP contribution >= 0.6 is 0 Å². The van der Waals surface area contributed by atoms with Gasteiger partial charge in [0.2, 0.25) is 0 Å². The Hall–Kier alpha value is -0.300. The Balaban J connectivity index is 1.55. The summed E-state index contributed by atoms with van der Waals surface area (Å²) in [4.78, 5) is 0. The van der Waals surface area contributed by atoms with Gasteiger partial charge < -0.3 is 4.74 Å². The Bertz CT molecular complexity index is 480. The fourth-order valence-electron chi connectivity index (χ4n) is 7.05. The predicted molar refractivity (Wildman–Crippen MR) is 96.4 cm³/mol. The highest BCUT2D eigenvalue weighted by molar-refractivity contribution is 5.25. The molecule has 6 atom stereocenters. The van der Waals surface area contributed by atoms with Gasteiger partial charge in [0.25, 0.3) is 0 Å². The molecule has 1 nitrogen and oxygen atoms in total. The van der Waals surface area contributed by atoms with E-state index >= 15 is 0 Å². The Morgan fingerprint density at radius 3 is 2.78 bits per heavy atom. The summed E-state index contributed by atoms with van der Waals surface area (Å²) < 4.78 is 6.11. The zero-order valence-corrected chi connectivity index (χ0v) is 15.6. The van der Waals surface area contributed by atoms with E-state index in [2.05, 4.69) is 26.8 Å². The average molecular weight is 317 g/mol. The molecule has 4 aliphatic carbocycles. The number of ether oxygens (including phenoxy) is 1. The molecular formula is C22H36O. The molecule has 3 saturated carbocycles. The first-order chi connectivity index (χ1) is 11.1. The van der Waals surface area contributed by atoms with Gasteiger partial charge in [0.15, 0.2) is 0 Å². The standard InChI is InChI=1S/C22H36O/c1-4-14-23-17-9-13-22(3)16(15-17)7-8-18-19-6-5-11-21(19,2)12-10-20(18)22/h7,17-20H,4-6,8-15H2,1-3H3/t17-,18?,19?,20?,21-,22-/m0/s1. The van der Waals surface area contributed by atoms with Gasteiger partial charge >= 0.3 is 0 Å².